The van der Waals surface area contributed by atoms with E-state index in [4.69, 9.17) is 18.9 Å². The Balaban J connectivity index is 0.833. The summed E-state index contributed by atoms with van der Waals surface area (Å²) in [4.78, 5) is 76.3. The zero-order valence-corrected chi connectivity index (χ0v) is 34.1. The largest absolute Gasteiger partial charge is 0.508 e. The fourth-order valence-corrected chi connectivity index (χ4v) is 6.89. The van der Waals surface area contributed by atoms with Crippen molar-refractivity contribution in [1.82, 2.24) is 0 Å². The molecule has 8 aromatic carbocycles. The number of esters is 4. The number of carbonyl (C=O) groups is 6. The van der Waals surface area contributed by atoms with Crippen molar-refractivity contribution in [3.05, 3.63) is 209 Å². The van der Waals surface area contributed by atoms with E-state index < -0.39 is 23.9 Å². The van der Waals surface area contributed by atoms with Gasteiger partial charge in [-0.1, -0.05) is 60.7 Å². The van der Waals surface area contributed by atoms with Gasteiger partial charge in [0.2, 0.25) is 0 Å². The third-order valence-corrected chi connectivity index (χ3v) is 10.2. The van der Waals surface area contributed by atoms with E-state index in [-0.39, 0.29) is 52.8 Å². The normalized spacial score (nSPS) is 10.8. The Labute approximate surface area is 366 Å². The van der Waals surface area contributed by atoms with E-state index in [1.807, 2.05) is 0 Å². The van der Waals surface area contributed by atoms with Gasteiger partial charge in [-0.2, -0.15) is 0 Å². The highest BCUT2D eigenvalue weighted by molar-refractivity contribution is 6.02. The number of phenols is 1. The fraction of sp³-hybridized carbons (Fsp3) is 0.0566. The Bertz CT molecular complexity index is 3110. The predicted octanol–water partition coefficient (Wildman–Crippen LogP) is 10.1. The molecule has 0 amide bonds. The molecule has 0 aromatic heterocycles. The first kappa shape index (κ1) is 42.0. The molecule has 0 spiro atoms. The quantitative estimate of drug-likeness (QED) is 0.0668. The van der Waals surface area contributed by atoms with Crippen molar-refractivity contribution in [3.8, 4) is 28.7 Å². The van der Waals surface area contributed by atoms with Gasteiger partial charge in [0.05, 0.1) is 16.7 Å². The second-order valence-electron chi connectivity index (χ2n) is 14.8. The van der Waals surface area contributed by atoms with Crippen LogP contribution in [0.5, 0.6) is 28.7 Å². The summed E-state index contributed by atoms with van der Waals surface area (Å²) in [6.07, 6.45) is 0.174. The lowest BCUT2D eigenvalue weighted by atomic mass is 10.0. The second kappa shape index (κ2) is 18.5. The number of ketones is 2. The Morgan fingerprint density at radius 1 is 0.375 bits per heavy atom. The average molecular weight is 849 g/mol. The zero-order chi connectivity index (χ0) is 44.7. The van der Waals surface area contributed by atoms with Crippen LogP contribution in [0.3, 0.4) is 0 Å². The minimum Gasteiger partial charge on any atom is -0.508 e. The first-order chi connectivity index (χ1) is 30.9. The first-order valence-corrected chi connectivity index (χ1v) is 20.0. The van der Waals surface area contributed by atoms with Crippen molar-refractivity contribution in [1.29, 1.82) is 0 Å². The molecule has 0 aliphatic rings. The molecule has 0 fully saturated rings. The summed E-state index contributed by atoms with van der Waals surface area (Å²) in [5.41, 5.74) is 3.01. The van der Waals surface area contributed by atoms with Crippen LogP contribution in [0.1, 0.15) is 69.8 Å². The third-order valence-electron chi connectivity index (χ3n) is 10.2. The molecule has 11 heteroatoms. The molecule has 0 saturated carbocycles. The van der Waals surface area contributed by atoms with Crippen LogP contribution < -0.4 is 18.9 Å². The van der Waals surface area contributed by atoms with Crippen molar-refractivity contribution in [3.63, 3.8) is 0 Å². The van der Waals surface area contributed by atoms with E-state index in [1.54, 1.807) is 164 Å². The lowest BCUT2D eigenvalue weighted by Crippen LogP contribution is -2.11. The number of hydrogen-bond acceptors (Lipinski definition) is 11. The number of ether oxygens (including phenoxy) is 4. The molecule has 8 rings (SSSR count). The molecule has 0 radical (unpaired) electrons. The van der Waals surface area contributed by atoms with Crippen LogP contribution in [-0.2, 0) is 17.6 Å². The number of carbonyl (C=O) groups excluding carboxylic acids is 6. The molecule has 0 aliphatic carbocycles. The molecule has 0 bridgehead atoms. The van der Waals surface area contributed by atoms with E-state index in [0.717, 1.165) is 16.3 Å². The van der Waals surface area contributed by atoms with Crippen molar-refractivity contribution in [2.75, 3.05) is 0 Å². The van der Waals surface area contributed by atoms with Crippen molar-refractivity contribution in [2.24, 2.45) is 0 Å². The summed E-state index contributed by atoms with van der Waals surface area (Å²) in [6.45, 7) is 1.31. The monoisotopic (exact) mass is 848 g/mol. The molecule has 1 N–H and O–H groups in total. The van der Waals surface area contributed by atoms with Crippen LogP contribution >= 0.6 is 0 Å². The average Bonchev–Trinajstić information content (AvgIpc) is 3.30. The van der Waals surface area contributed by atoms with Crippen LogP contribution in [-0.4, -0.2) is 40.6 Å². The number of fused-ring (bicyclic) bond motifs is 2. The van der Waals surface area contributed by atoms with E-state index in [0.29, 0.717) is 44.5 Å². The van der Waals surface area contributed by atoms with Crippen LogP contribution in [0.15, 0.2) is 170 Å². The molecule has 64 heavy (non-hydrogen) atoms. The highest BCUT2D eigenvalue weighted by atomic mass is 16.5. The summed E-state index contributed by atoms with van der Waals surface area (Å²) >= 11 is 0. The highest BCUT2D eigenvalue weighted by Crippen LogP contribution is 2.26. The molecular formula is C53H36O11. The SMILES string of the molecule is CC(=O)Oc1ccc(CC(=O)c2ccc(OC(=O)c3ccc4cc(OC(=O)c5cccc(C(=O)Cc6ccc(OC(=O)c7ccc8cc(O)ccc8c7)cc6)c5)ccc4c3)cc2)cc1. The molecule has 0 heterocycles. The van der Waals surface area contributed by atoms with Gasteiger partial charge in [0.1, 0.15) is 28.7 Å². The molecule has 0 aliphatic heterocycles. The number of rotatable bonds is 13. The number of phenolic OH excluding ortho intramolecular Hbond substituents is 1. The standard InChI is InChI=1S/C53H36O11/c1-32(54)61-45-18-5-33(6-19-45)25-49(56)35-14-22-47(23-15-35)63-53(60)43-12-10-39-31-48(24-16-37(39)28-43)64-51(58)41-4-2-3-40(29-41)50(57)26-34-7-20-46(21-8-34)62-52(59)42-11-9-38-30-44(55)17-13-36(38)27-42/h2-24,27-31,55H,25-26H2,1H3. The first-order valence-electron chi connectivity index (χ1n) is 20.0. The van der Waals surface area contributed by atoms with Gasteiger partial charge in [-0.25, -0.2) is 14.4 Å². The van der Waals surface area contributed by atoms with Crippen molar-refractivity contribution >= 4 is 57.0 Å². The molecule has 8 aromatic rings. The van der Waals surface area contributed by atoms with E-state index in [9.17, 15) is 33.9 Å². The van der Waals surface area contributed by atoms with Crippen LogP contribution in [0, 0.1) is 0 Å². The van der Waals surface area contributed by atoms with E-state index >= 15 is 0 Å². The smallest absolute Gasteiger partial charge is 0.343 e. The van der Waals surface area contributed by atoms with E-state index in [2.05, 4.69) is 0 Å². The van der Waals surface area contributed by atoms with Crippen molar-refractivity contribution in [2.45, 2.75) is 19.8 Å². The maximum atomic E-state index is 13.3. The zero-order valence-electron chi connectivity index (χ0n) is 34.1. The summed E-state index contributed by atoms with van der Waals surface area (Å²) in [5, 5.41) is 12.7. The number of aromatic hydroxyl groups is 1. The van der Waals surface area contributed by atoms with E-state index in [1.165, 1.54) is 13.0 Å². The van der Waals surface area contributed by atoms with Crippen molar-refractivity contribution < 1.29 is 52.8 Å². The molecule has 0 atom stereocenters. The minimum absolute atomic E-state index is 0.0382. The van der Waals surface area contributed by atoms with Crippen LogP contribution in [0.4, 0.5) is 0 Å². The number of Topliss-reactive ketones (excluding diaryl/α,β-unsaturated/α-hetero) is 2. The van der Waals surface area contributed by atoms with Gasteiger partial charge in [-0.3, -0.25) is 14.4 Å². The fourth-order valence-electron chi connectivity index (χ4n) is 6.89. The summed E-state index contributed by atoms with van der Waals surface area (Å²) in [7, 11) is 0. The lowest BCUT2D eigenvalue weighted by Gasteiger charge is -2.09. The molecule has 0 saturated heterocycles. The molecule has 0 unspecified atom stereocenters. The molecular weight excluding hydrogens is 813 g/mol. The summed E-state index contributed by atoms with van der Waals surface area (Å²) < 4.78 is 21.8. The van der Waals surface area contributed by atoms with Crippen LogP contribution in [0.25, 0.3) is 21.5 Å². The maximum Gasteiger partial charge on any atom is 0.343 e. The molecule has 11 nitrogen and oxygen atoms in total. The molecule has 314 valence electrons. The van der Waals surface area contributed by atoms with Gasteiger partial charge in [0, 0.05) is 30.9 Å². The van der Waals surface area contributed by atoms with Gasteiger partial charge in [0.15, 0.2) is 11.6 Å². The summed E-state index contributed by atoms with van der Waals surface area (Å²) in [5.74, 6) is -1.23. The number of hydrogen-bond donors (Lipinski definition) is 1. The minimum atomic E-state index is -0.660. The van der Waals surface area contributed by atoms with Gasteiger partial charge < -0.3 is 24.1 Å². The topological polar surface area (TPSA) is 160 Å². The third kappa shape index (κ3) is 10.2. The van der Waals surface area contributed by atoms with Gasteiger partial charge in [-0.15, -0.1) is 0 Å². The van der Waals surface area contributed by atoms with Crippen LogP contribution in [0.2, 0.25) is 0 Å². The highest BCUT2D eigenvalue weighted by Gasteiger charge is 2.17. The van der Waals surface area contributed by atoms with Gasteiger partial charge in [0.25, 0.3) is 0 Å². The predicted molar refractivity (Wildman–Crippen MR) is 238 cm³/mol. The Kier molecular flexibility index (Phi) is 12.1. The second-order valence-corrected chi connectivity index (χ2v) is 14.8. The van der Waals surface area contributed by atoms with Gasteiger partial charge >= 0.3 is 23.9 Å². The number of benzene rings is 8. The summed E-state index contributed by atoms with van der Waals surface area (Å²) in [6, 6.07) is 45.6. The van der Waals surface area contributed by atoms with Gasteiger partial charge in [-0.05, 0) is 142 Å². The Morgan fingerprint density at radius 3 is 1.33 bits per heavy atom. The Hall–Kier alpha value is -8.70. The maximum absolute atomic E-state index is 13.3. The Morgan fingerprint density at radius 2 is 0.766 bits per heavy atom. The lowest BCUT2D eigenvalue weighted by molar-refractivity contribution is -0.131.